The number of alkyl halides is 3. The lowest BCUT2D eigenvalue weighted by Crippen LogP contribution is -2.31. The minimum absolute atomic E-state index is 0.0459. The number of carbonyl (C=O) groups is 1. The van der Waals surface area contributed by atoms with E-state index in [-0.39, 0.29) is 29.5 Å². The molecule has 0 aromatic heterocycles. The molecule has 0 aliphatic rings. The van der Waals surface area contributed by atoms with Gasteiger partial charge >= 0.3 is 6.18 Å². The van der Waals surface area contributed by atoms with Gasteiger partial charge < -0.3 is 5.32 Å². The molecule has 5 nitrogen and oxygen atoms in total. The van der Waals surface area contributed by atoms with Crippen molar-refractivity contribution in [2.45, 2.75) is 24.5 Å². The SMILES string of the molecule is C=CCN(Cc1cccc(C(F)(F)F)c1)S(=O)(=O)c1ccc(NC(C)=O)cc1. The Balaban J connectivity index is 2.31. The van der Waals surface area contributed by atoms with Gasteiger partial charge in [0.15, 0.2) is 0 Å². The molecule has 0 heterocycles. The second-order valence-electron chi connectivity index (χ2n) is 5.99. The highest BCUT2D eigenvalue weighted by Crippen LogP contribution is 2.30. The first-order chi connectivity index (χ1) is 13.0. The number of anilines is 1. The molecule has 1 amide bonds. The van der Waals surface area contributed by atoms with Gasteiger partial charge in [-0.2, -0.15) is 17.5 Å². The van der Waals surface area contributed by atoms with Crippen LogP contribution in [-0.4, -0.2) is 25.2 Å². The van der Waals surface area contributed by atoms with Crippen molar-refractivity contribution in [3.05, 3.63) is 72.3 Å². The molecular formula is C19H19F3N2O3S. The van der Waals surface area contributed by atoms with Gasteiger partial charge in [-0.05, 0) is 35.9 Å². The van der Waals surface area contributed by atoms with Gasteiger partial charge in [0, 0.05) is 25.7 Å². The van der Waals surface area contributed by atoms with E-state index in [1.807, 2.05) is 0 Å². The molecule has 0 radical (unpaired) electrons. The Hall–Kier alpha value is -2.65. The smallest absolute Gasteiger partial charge is 0.326 e. The lowest BCUT2D eigenvalue weighted by atomic mass is 10.1. The van der Waals surface area contributed by atoms with E-state index in [1.54, 1.807) is 0 Å². The highest BCUT2D eigenvalue weighted by Gasteiger charge is 2.31. The standard InChI is InChI=1S/C19H19F3N2O3S/c1-3-11-24(13-15-5-4-6-16(12-15)19(20,21)22)28(26,27)18-9-7-17(8-10-18)23-14(2)25/h3-10,12H,1,11,13H2,2H3,(H,23,25). The van der Waals surface area contributed by atoms with E-state index >= 15 is 0 Å². The van der Waals surface area contributed by atoms with Crippen LogP contribution in [0.5, 0.6) is 0 Å². The summed E-state index contributed by atoms with van der Waals surface area (Å²) in [5.41, 5.74) is -0.213. The fraction of sp³-hybridized carbons (Fsp3) is 0.211. The maximum Gasteiger partial charge on any atom is 0.416 e. The summed E-state index contributed by atoms with van der Waals surface area (Å²) in [5.74, 6) is -0.298. The maximum atomic E-state index is 12.9. The van der Waals surface area contributed by atoms with Crippen molar-refractivity contribution in [2.75, 3.05) is 11.9 Å². The van der Waals surface area contributed by atoms with E-state index in [4.69, 9.17) is 0 Å². The third-order valence-corrected chi connectivity index (χ3v) is 5.58. The monoisotopic (exact) mass is 412 g/mol. The first kappa shape index (κ1) is 21.6. The third kappa shape index (κ3) is 5.43. The second-order valence-corrected chi connectivity index (χ2v) is 7.93. The third-order valence-electron chi connectivity index (χ3n) is 3.76. The number of carbonyl (C=O) groups excluding carboxylic acids is 1. The van der Waals surface area contributed by atoms with E-state index in [9.17, 15) is 26.4 Å². The Morgan fingerprint density at radius 2 is 1.82 bits per heavy atom. The number of rotatable bonds is 7. The number of nitrogens with zero attached hydrogens (tertiary/aromatic N) is 1. The molecule has 0 aliphatic carbocycles. The van der Waals surface area contributed by atoms with Gasteiger partial charge in [-0.25, -0.2) is 8.42 Å². The van der Waals surface area contributed by atoms with Crippen LogP contribution in [0, 0.1) is 0 Å². The normalized spacial score (nSPS) is 12.0. The summed E-state index contributed by atoms with van der Waals surface area (Å²) < 4.78 is 65.6. The molecule has 150 valence electrons. The molecule has 1 N–H and O–H groups in total. The van der Waals surface area contributed by atoms with Crippen LogP contribution in [0.4, 0.5) is 18.9 Å². The number of hydrogen-bond acceptors (Lipinski definition) is 3. The Morgan fingerprint density at radius 3 is 2.36 bits per heavy atom. The first-order valence-electron chi connectivity index (χ1n) is 8.19. The predicted molar refractivity (Wildman–Crippen MR) is 100.0 cm³/mol. The number of amides is 1. The summed E-state index contributed by atoms with van der Waals surface area (Å²) in [6, 6.07) is 10.0. The van der Waals surface area contributed by atoms with E-state index in [2.05, 4.69) is 11.9 Å². The fourth-order valence-corrected chi connectivity index (χ4v) is 3.90. The molecular weight excluding hydrogens is 393 g/mol. The van der Waals surface area contributed by atoms with E-state index in [1.165, 1.54) is 49.4 Å². The summed E-state index contributed by atoms with van der Waals surface area (Å²) in [7, 11) is -3.99. The van der Waals surface area contributed by atoms with Crippen LogP contribution in [0.25, 0.3) is 0 Å². The van der Waals surface area contributed by atoms with Crippen LogP contribution in [0.3, 0.4) is 0 Å². The van der Waals surface area contributed by atoms with Gasteiger partial charge in [0.1, 0.15) is 0 Å². The fourth-order valence-electron chi connectivity index (χ4n) is 2.50. The van der Waals surface area contributed by atoms with Crippen molar-refractivity contribution < 1.29 is 26.4 Å². The summed E-state index contributed by atoms with van der Waals surface area (Å²) >= 11 is 0. The average Bonchev–Trinajstić information content (AvgIpc) is 2.61. The Kier molecular flexibility index (Phi) is 6.63. The van der Waals surface area contributed by atoms with Crippen LogP contribution in [-0.2, 0) is 27.5 Å². The summed E-state index contributed by atoms with van der Waals surface area (Å²) in [5, 5.41) is 2.53. The topological polar surface area (TPSA) is 66.5 Å². The largest absolute Gasteiger partial charge is 0.416 e. The Morgan fingerprint density at radius 1 is 1.18 bits per heavy atom. The molecule has 0 unspecified atom stereocenters. The minimum Gasteiger partial charge on any atom is -0.326 e. The number of hydrogen-bond donors (Lipinski definition) is 1. The summed E-state index contributed by atoms with van der Waals surface area (Å²) in [6.07, 6.45) is -3.16. The number of sulfonamides is 1. The van der Waals surface area contributed by atoms with E-state index in [0.29, 0.717) is 5.69 Å². The molecule has 0 saturated carbocycles. The molecule has 0 spiro atoms. The zero-order chi connectivity index (χ0) is 20.9. The van der Waals surface area contributed by atoms with Crippen molar-refractivity contribution in [3.8, 4) is 0 Å². The molecule has 28 heavy (non-hydrogen) atoms. The highest BCUT2D eigenvalue weighted by atomic mass is 32.2. The van der Waals surface area contributed by atoms with Crippen molar-refractivity contribution in [1.29, 1.82) is 0 Å². The summed E-state index contributed by atoms with van der Waals surface area (Å²) in [6.45, 7) is 4.52. The van der Waals surface area contributed by atoms with Crippen molar-refractivity contribution in [3.63, 3.8) is 0 Å². The van der Waals surface area contributed by atoms with Gasteiger partial charge in [-0.15, -0.1) is 6.58 Å². The van der Waals surface area contributed by atoms with Crippen LogP contribution in [0.1, 0.15) is 18.1 Å². The molecule has 9 heteroatoms. The van der Waals surface area contributed by atoms with Gasteiger partial charge in [0.25, 0.3) is 0 Å². The number of halogens is 3. The van der Waals surface area contributed by atoms with Gasteiger partial charge in [0.05, 0.1) is 10.5 Å². The van der Waals surface area contributed by atoms with Crippen LogP contribution >= 0.6 is 0 Å². The van der Waals surface area contributed by atoms with E-state index in [0.717, 1.165) is 16.4 Å². The van der Waals surface area contributed by atoms with E-state index < -0.39 is 21.8 Å². The van der Waals surface area contributed by atoms with Gasteiger partial charge in [0.2, 0.25) is 15.9 Å². The number of nitrogens with one attached hydrogen (secondary N) is 1. The Bertz CT molecular complexity index is 955. The number of benzene rings is 2. The molecule has 0 bridgehead atoms. The molecule has 2 rings (SSSR count). The van der Waals surface area contributed by atoms with Crippen LogP contribution in [0.2, 0.25) is 0 Å². The van der Waals surface area contributed by atoms with Crippen LogP contribution < -0.4 is 5.32 Å². The first-order valence-corrected chi connectivity index (χ1v) is 9.63. The lowest BCUT2D eigenvalue weighted by Gasteiger charge is -2.21. The van der Waals surface area contributed by atoms with Gasteiger partial charge in [-0.1, -0.05) is 24.3 Å². The maximum absolute atomic E-state index is 12.9. The molecule has 2 aromatic rings. The molecule has 0 fully saturated rings. The lowest BCUT2D eigenvalue weighted by molar-refractivity contribution is -0.137. The average molecular weight is 412 g/mol. The highest BCUT2D eigenvalue weighted by molar-refractivity contribution is 7.89. The zero-order valence-corrected chi connectivity index (χ0v) is 15.8. The molecule has 0 aliphatic heterocycles. The molecule has 0 atom stereocenters. The van der Waals surface area contributed by atoms with Crippen molar-refractivity contribution in [1.82, 2.24) is 4.31 Å². The zero-order valence-electron chi connectivity index (χ0n) is 15.0. The second kappa shape index (κ2) is 8.57. The van der Waals surface area contributed by atoms with Gasteiger partial charge in [-0.3, -0.25) is 4.79 Å². The van der Waals surface area contributed by atoms with Crippen LogP contribution in [0.15, 0.2) is 66.1 Å². The predicted octanol–water partition coefficient (Wildman–Crippen LogP) is 4.04. The summed E-state index contributed by atoms with van der Waals surface area (Å²) in [4.78, 5) is 11.0. The van der Waals surface area contributed by atoms with Crippen molar-refractivity contribution >= 4 is 21.6 Å². The molecule has 2 aromatic carbocycles. The minimum atomic E-state index is -4.52. The molecule has 0 saturated heterocycles. The van der Waals surface area contributed by atoms with Crippen molar-refractivity contribution in [2.24, 2.45) is 0 Å². The Labute approximate surface area is 161 Å². The quantitative estimate of drug-likeness (QED) is 0.698.